The molecule has 60 heavy (non-hydrogen) atoms. The van der Waals surface area contributed by atoms with E-state index in [2.05, 4.69) is 33.3 Å². The molecule has 344 valence electrons. The van der Waals surface area contributed by atoms with Gasteiger partial charge in [-0.2, -0.15) is 0 Å². The molecule has 0 radical (unpaired) electrons. The van der Waals surface area contributed by atoms with E-state index in [-0.39, 0.29) is 45.9 Å². The number of ether oxygens (including phenoxy) is 4. The van der Waals surface area contributed by atoms with Gasteiger partial charge in [-0.05, 0) is 18.4 Å². The van der Waals surface area contributed by atoms with Crippen molar-refractivity contribution < 1.29 is 71.5 Å². The summed E-state index contributed by atoms with van der Waals surface area (Å²) in [4.78, 5) is 29.3. The molecule has 0 amide bonds. The van der Waals surface area contributed by atoms with E-state index in [1.807, 2.05) is 30.3 Å². The second-order valence-corrected chi connectivity index (χ2v) is 18.1. The number of rotatable bonds is 29. The Bertz CT molecular complexity index is 1310. The van der Waals surface area contributed by atoms with Crippen molar-refractivity contribution in [3.05, 3.63) is 58.4 Å². The number of halogens is 2. The number of hydrogen-bond donors (Lipinski definition) is 1. The lowest BCUT2D eigenvalue weighted by molar-refractivity contribution is -0.914. The smallest absolute Gasteiger partial charge is 0.336 e. The quantitative estimate of drug-likeness (QED) is 0.0745. The molecule has 3 aliphatic rings. The van der Waals surface area contributed by atoms with Crippen LogP contribution in [-0.4, -0.2) is 114 Å². The van der Waals surface area contributed by atoms with E-state index >= 15 is 0 Å². The summed E-state index contributed by atoms with van der Waals surface area (Å²) in [6.07, 6.45) is 24.3. The van der Waals surface area contributed by atoms with Gasteiger partial charge in [-0.25, -0.2) is 9.59 Å². The number of unbranched alkanes of at least 4 members (excludes halogenated alkanes) is 18. The molecule has 0 unspecified atom stereocenters. The highest BCUT2D eigenvalue weighted by Crippen LogP contribution is 2.41. The zero-order valence-electron chi connectivity index (χ0n) is 38.2. The highest BCUT2D eigenvalue weighted by Gasteiger charge is 2.44. The molecule has 0 spiro atoms. The summed E-state index contributed by atoms with van der Waals surface area (Å²) in [5.74, 6) is -1.27. The Morgan fingerprint density at radius 1 is 0.550 bits per heavy atom. The number of morpholine rings is 2. The van der Waals surface area contributed by atoms with E-state index in [4.69, 9.17) is 18.9 Å². The van der Waals surface area contributed by atoms with Gasteiger partial charge >= 0.3 is 11.9 Å². The van der Waals surface area contributed by atoms with E-state index in [1.165, 1.54) is 89.9 Å². The molecular weight excluding hydrogens is 886 g/mol. The lowest BCUT2D eigenvalue weighted by Gasteiger charge is -2.43. The van der Waals surface area contributed by atoms with Crippen LogP contribution in [-0.2, 0) is 28.5 Å². The Labute approximate surface area is 386 Å². The summed E-state index contributed by atoms with van der Waals surface area (Å²) in [6.45, 7) is 12.6. The van der Waals surface area contributed by atoms with Crippen molar-refractivity contribution in [3.8, 4) is 0 Å². The van der Waals surface area contributed by atoms with E-state index in [0.29, 0.717) is 63.9 Å². The number of esters is 2. The first-order valence-electron chi connectivity index (χ1n) is 23.7. The van der Waals surface area contributed by atoms with Gasteiger partial charge in [0.15, 0.2) is 0 Å². The van der Waals surface area contributed by atoms with Crippen LogP contribution in [0.25, 0.3) is 0 Å². The molecule has 2 fully saturated rings. The van der Waals surface area contributed by atoms with E-state index < -0.39 is 5.92 Å². The monoisotopic (exact) mass is 967 g/mol. The van der Waals surface area contributed by atoms with Crippen LogP contribution in [0.1, 0.15) is 154 Å². The Hall–Kier alpha value is -1.76. The van der Waals surface area contributed by atoms with Crippen molar-refractivity contribution in [2.75, 3.05) is 93.0 Å². The van der Waals surface area contributed by atoms with Gasteiger partial charge in [0, 0.05) is 0 Å². The van der Waals surface area contributed by atoms with Crippen LogP contribution in [0.15, 0.2) is 52.9 Å². The highest BCUT2D eigenvalue weighted by atomic mass is 79.9. The molecule has 1 N–H and O–H groups in total. The van der Waals surface area contributed by atoms with E-state index in [0.717, 1.165) is 90.6 Å². The average Bonchev–Trinajstić information content (AvgIpc) is 3.22. The highest BCUT2D eigenvalue weighted by molar-refractivity contribution is 6.00. The fraction of sp³-hybridized carbons (Fsp3) is 0.755. The minimum Gasteiger partial charge on any atom is -1.00 e. The molecule has 11 heteroatoms. The van der Waals surface area contributed by atoms with Crippen LogP contribution >= 0.6 is 0 Å². The van der Waals surface area contributed by atoms with Crippen molar-refractivity contribution in [1.82, 2.24) is 5.32 Å². The number of likely N-dealkylation sites (N-methyl/N-ethyl adjacent to an activating group) is 2. The lowest BCUT2D eigenvalue weighted by atomic mass is 9.79. The topological polar surface area (TPSA) is 83.1 Å². The molecular formula is C49H83Br2N3O6. The van der Waals surface area contributed by atoms with Crippen LogP contribution in [0, 0.1) is 0 Å². The third-order valence-electron chi connectivity index (χ3n) is 12.7. The summed E-state index contributed by atoms with van der Waals surface area (Å²) >= 11 is 0. The Balaban J connectivity index is 0.00000620. The zero-order valence-corrected chi connectivity index (χ0v) is 41.4. The number of benzene rings is 1. The SMILES string of the molecule is CCCCCCCCCCCCOC(=O)C1=C(C[N+]2(C)CCOCC2)NC(C[N+]2(C)CCOCC2)=C(C(=O)OCCCCCCCCCCCC)C1c1ccccc1.[Br-].[Br-]. The molecule has 9 nitrogen and oxygen atoms in total. The van der Waals surface area contributed by atoms with Gasteiger partial charge in [0.05, 0.1) is 82.2 Å². The van der Waals surface area contributed by atoms with Gasteiger partial charge in [-0.1, -0.05) is 160 Å². The van der Waals surface area contributed by atoms with Crippen molar-refractivity contribution in [3.63, 3.8) is 0 Å². The molecule has 0 aliphatic carbocycles. The number of hydrogen-bond acceptors (Lipinski definition) is 7. The Morgan fingerprint density at radius 2 is 0.883 bits per heavy atom. The van der Waals surface area contributed by atoms with Crippen molar-refractivity contribution in [2.24, 2.45) is 0 Å². The van der Waals surface area contributed by atoms with Crippen LogP contribution in [0.2, 0.25) is 0 Å². The van der Waals surface area contributed by atoms with Gasteiger partial charge in [0.1, 0.15) is 39.3 Å². The van der Waals surface area contributed by atoms with E-state index in [1.54, 1.807) is 0 Å². The first-order chi connectivity index (χ1) is 28.3. The molecule has 1 aromatic rings. The molecule has 4 rings (SSSR count). The van der Waals surface area contributed by atoms with Gasteiger partial charge in [-0.15, -0.1) is 0 Å². The minimum absolute atomic E-state index is 0. The third kappa shape index (κ3) is 19.3. The number of quaternary nitrogens is 2. The largest absolute Gasteiger partial charge is 1.00 e. The van der Waals surface area contributed by atoms with Crippen molar-refractivity contribution >= 4 is 11.9 Å². The first kappa shape index (κ1) is 54.4. The predicted molar refractivity (Wildman–Crippen MR) is 235 cm³/mol. The number of carbonyl (C=O) groups excluding carboxylic acids is 2. The molecule has 2 saturated heterocycles. The fourth-order valence-corrected chi connectivity index (χ4v) is 8.83. The summed E-state index contributed by atoms with van der Waals surface area (Å²) in [6, 6.07) is 10.1. The lowest BCUT2D eigenvalue weighted by Crippen LogP contribution is -3.00. The van der Waals surface area contributed by atoms with E-state index in [9.17, 15) is 9.59 Å². The molecule has 1 aromatic carbocycles. The minimum atomic E-state index is -0.604. The number of nitrogens with one attached hydrogen (secondary N) is 1. The standard InChI is InChI=1S/C49H82N3O6.2BrH/c1-5-7-9-11-13-15-17-19-21-26-34-57-48(53)46-43(40-51(3)30-36-55-37-31-51)50-44(41-52(4)32-38-56-39-33-52)47(45(46)42-28-24-23-25-29-42)49(54)58-35-27-22-20-18-16-14-12-10-8-6-2;;/h23-25,28-29,45H,5-22,26-27,30-41H2,1-4H3;2*1H/q+1;;/p-1. The Morgan fingerprint density at radius 3 is 1.23 bits per heavy atom. The number of nitrogens with zero attached hydrogens (tertiary/aromatic N) is 2. The summed E-state index contributed by atoms with van der Waals surface area (Å²) in [5, 5.41) is 3.79. The normalized spacial score (nSPS) is 17.7. The molecule has 3 aliphatic heterocycles. The molecule has 0 aromatic heterocycles. The summed E-state index contributed by atoms with van der Waals surface area (Å²) in [7, 11) is 4.49. The average molecular weight is 970 g/mol. The van der Waals surface area contributed by atoms with Crippen molar-refractivity contribution in [1.29, 1.82) is 0 Å². The predicted octanol–water partition coefficient (Wildman–Crippen LogP) is 3.77. The summed E-state index contributed by atoms with van der Waals surface area (Å²) < 4.78 is 25.5. The van der Waals surface area contributed by atoms with Crippen LogP contribution in [0.4, 0.5) is 0 Å². The van der Waals surface area contributed by atoms with Gasteiger partial charge < -0.3 is 67.2 Å². The molecule has 0 saturated carbocycles. The summed E-state index contributed by atoms with van der Waals surface area (Å²) in [5.41, 5.74) is 3.71. The second-order valence-electron chi connectivity index (χ2n) is 18.1. The third-order valence-corrected chi connectivity index (χ3v) is 12.7. The molecule has 0 atom stereocenters. The zero-order chi connectivity index (χ0) is 41.3. The van der Waals surface area contributed by atoms with Gasteiger partial charge in [0.25, 0.3) is 0 Å². The van der Waals surface area contributed by atoms with Gasteiger partial charge in [-0.3, -0.25) is 0 Å². The fourth-order valence-electron chi connectivity index (χ4n) is 8.83. The van der Waals surface area contributed by atoms with Crippen LogP contribution in [0.3, 0.4) is 0 Å². The van der Waals surface area contributed by atoms with Crippen molar-refractivity contribution in [2.45, 2.75) is 148 Å². The maximum atomic E-state index is 14.6. The van der Waals surface area contributed by atoms with Gasteiger partial charge in [0.2, 0.25) is 0 Å². The molecule has 0 bridgehead atoms. The van der Waals surface area contributed by atoms with Crippen LogP contribution < -0.4 is 39.3 Å². The molecule has 3 heterocycles. The van der Waals surface area contributed by atoms with Crippen LogP contribution in [0.5, 0.6) is 0 Å². The maximum Gasteiger partial charge on any atom is 0.336 e. The number of dihydropyridines is 1. The number of carbonyl (C=O) groups is 2. The Kier molecular flexibility index (Phi) is 28.2. The first-order valence-corrected chi connectivity index (χ1v) is 23.7. The second kappa shape index (κ2) is 31.1. The maximum absolute atomic E-state index is 14.6.